The number of aryl methyl sites for hydroxylation is 1. The van der Waals surface area contributed by atoms with Gasteiger partial charge in [-0.15, -0.1) is 0 Å². The molecule has 0 aromatic heterocycles. The molecule has 1 saturated heterocycles. The molecule has 1 heterocycles. The van der Waals surface area contributed by atoms with Crippen LogP contribution in [-0.4, -0.2) is 23.5 Å². The fourth-order valence-corrected chi connectivity index (χ4v) is 2.25. The summed E-state index contributed by atoms with van der Waals surface area (Å²) in [6.07, 6.45) is 1.01. The van der Waals surface area contributed by atoms with Crippen LogP contribution in [0.2, 0.25) is 0 Å². The average molecular weight is 235 g/mol. The van der Waals surface area contributed by atoms with E-state index in [0.29, 0.717) is 13.1 Å². The van der Waals surface area contributed by atoms with Gasteiger partial charge in [-0.3, -0.25) is 4.90 Å². The highest BCUT2D eigenvalue weighted by atomic mass is 19.1. The smallest absolute Gasteiger partial charge is 0.161 e. The normalized spacial score (nSPS) is 20.1. The van der Waals surface area contributed by atoms with Crippen LogP contribution in [0.3, 0.4) is 0 Å². The van der Waals surface area contributed by atoms with E-state index in [1.54, 1.807) is 0 Å². The maximum Gasteiger partial charge on any atom is 0.161 e. The van der Waals surface area contributed by atoms with Gasteiger partial charge in [0, 0.05) is 18.6 Å². The second-order valence-electron chi connectivity index (χ2n) is 6.04. The Balaban J connectivity index is 2.09. The average Bonchev–Trinajstić information content (AvgIpc) is 2.23. The van der Waals surface area contributed by atoms with Gasteiger partial charge in [-0.1, -0.05) is 31.2 Å². The molecule has 1 aromatic carbocycles. The van der Waals surface area contributed by atoms with Crippen LogP contribution >= 0.6 is 0 Å². The van der Waals surface area contributed by atoms with Gasteiger partial charge in [-0.05, 0) is 38.3 Å². The van der Waals surface area contributed by atoms with E-state index in [2.05, 4.69) is 32.6 Å². The van der Waals surface area contributed by atoms with Crippen molar-refractivity contribution in [3.05, 3.63) is 35.4 Å². The first-order valence-electron chi connectivity index (χ1n) is 6.38. The fraction of sp³-hybridized carbons (Fsp3) is 0.600. The van der Waals surface area contributed by atoms with Crippen molar-refractivity contribution in [1.82, 2.24) is 4.90 Å². The molecule has 0 spiro atoms. The van der Waals surface area contributed by atoms with Gasteiger partial charge >= 0.3 is 0 Å². The predicted molar refractivity (Wildman–Crippen MR) is 69.9 cm³/mol. The molecule has 1 nitrogen and oxygen atoms in total. The van der Waals surface area contributed by atoms with Gasteiger partial charge in [0.1, 0.15) is 0 Å². The van der Waals surface area contributed by atoms with E-state index in [1.807, 2.05) is 24.3 Å². The van der Waals surface area contributed by atoms with Gasteiger partial charge in [0.15, 0.2) is 5.67 Å². The molecule has 94 valence electrons. The Morgan fingerprint density at radius 2 is 1.71 bits per heavy atom. The Morgan fingerprint density at radius 1 is 1.18 bits per heavy atom. The number of hydrogen-bond donors (Lipinski definition) is 0. The standard InChI is InChI=1S/C15H22FN/c1-5-12-6-8-13(9-7-12)15(16)10-17(11-15)14(2,3)4/h6-9H,5,10-11H2,1-4H3. The van der Waals surface area contributed by atoms with Crippen molar-refractivity contribution in [3.63, 3.8) is 0 Å². The van der Waals surface area contributed by atoms with Crippen molar-refractivity contribution < 1.29 is 4.39 Å². The zero-order chi connectivity index (χ0) is 12.7. The summed E-state index contributed by atoms with van der Waals surface area (Å²) in [5, 5.41) is 0. The van der Waals surface area contributed by atoms with Crippen LogP contribution < -0.4 is 0 Å². The van der Waals surface area contributed by atoms with Crippen LogP contribution in [0.15, 0.2) is 24.3 Å². The van der Waals surface area contributed by atoms with E-state index >= 15 is 0 Å². The largest absolute Gasteiger partial charge is 0.291 e. The minimum Gasteiger partial charge on any atom is -0.291 e. The number of likely N-dealkylation sites (tertiary alicyclic amines) is 1. The van der Waals surface area contributed by atoms with Crippen LogP contribution in [-0.2, 0) is 12.1 Å². The maximum absolute atomic E-state index is 14.6. The number of nitrogens with zero attached hydrogens (tertiary/aromatic N) is 1. The van der Waals surface area contributed by atoms with Gasteiger partial charge in [0.05, 0.1) is 0 Å². The number of rotatable bonds is 2. The van der Waals surface area contributed by atoms with Gasteiger partial charge < -0.3 is 0 Å². The highest BCUT2D eigenvalue weighted by Gasteiger charge is 2.48. The molecule has 0 N–H and O–H groups in total. The molecular formula is C15H22FN. The quantitative estimate of drug-likeness (QED) is 0.758. The fourth-order valence-electron chi connectivity index (χ4n) is 2.25. The van der Waals surface area contributed by atoms with Gasteiger partial charge in [0.2, 0.25) is 0 Å². The lowest BCUT2D eigenvalue weighted by Crippen LogP contribution is -2.62. The summed E-state index contributed by atoms with van der Waals surface area (Å²) in [5.41, 5.74) is 1.03. The zero-order valence-corrected chi connectivity index (χ0v) is 11.3. The Labute approximate surface area is 104 Å². The Hall–Kier alpha value is -0.890. The summed E-state index contributed by atoms with van der Waals surface area (Å²) >= 11 is 0. The second kappa shape index (κ2) is 4.09. The lowest BCUT2D eigenvalue weighted by atomic mass is 9.84. The zero-order valence-electron chi connectivity index (χ0n) is 11.3. The van der Waals surface area contributed by atoms with Crippen molar-refractivity contribution in [3.8, 4) is 0 Å². The van der Waals surface area contributed by atoms with Crippen molar-refractivity contribution in [2.24, 2.45) is 0 Å². The number of hydrogen-bond acceptors (Lipinski definition) is 1. The molecule has 2 heteroatoms. The molecule has 0 unspecified atom stereocenters. The molecular weight excluding hydrogens is 213 g/mol. The van der Waals surface area contributed by atoms with Crippen molar-refractivity contribution in [2.45, 2.75) is 45.3 Å². The summed E-state index contributed by atoms with van der Waals surface area (Å²) < 4.78 is 14.6. The first-order valence-corrected chi connectivity index (χ1v) is 6.38. The van der Waals surface area contributed by atoms with E-state index in [4.69, 9.17) is 0 Å². The van der Waals surface area contributed by atoms with Crippen LogP contribution in [0.1, 0.15) is 38.8 Å². The van der Waals surface area contributed by atoms with Crippen LogP contribution in [0.4, 0.5) is 4.39 Å². The van der Waals surface area contributed by atoms with Crippen molar-refractivity contribution in [1.29, 1.82) is 0 Å². The van der Waals surface area contributed by atoms with Crippen LogP contribution in [0, 0.1) is 0 Å². The summed E-state index contributed by atoms with van der Waals surface area (Å²) in [5.74, 6) is 0. The van der Waals surface area contributed by atoms with Crippen LogP contribution in [0.5, 0.6) is 0 Å². The molecule has 17 heavy (non-hydrogen) atoms. The third-order valence-electron chi connectivity index (χ3n) is 3.71. The summed E-state index contributed by atoms with van der Waals surface area (Å²) in [4.78, 5) is 2.18. The Morgan fingerprint density at radius 3 is 2.12 bits per heavy atom. The van der Waals surface area contributed by atoms with Crippen molar-refractivity contribution in [2.75, 3.05) is 13.1 Å². The lowest BCUT2D eigenvalue weighted by Gasteiger charge is -2.51. The molecule has 0 aliphatic carbocycles. The summed E-state index contributed by atoms with van der Waals surface area (Å²) in [6, 6.07) is 7.96. The Bertz CT molecular complexity index is 382. The maximum atomic E-state index is 14.6. The molecule has 0 amide bonds. The molecule has 0 radical (unpaired) electrons. The minimum absolute atomic E-state index is 0.0684. The molecule has 1 aliphatic heterocycles. The number of alkyl halides is 1. The summed E-state index contributed by atoms with van der Waals surface area (Å²) in [6.45, 7) is 9.54. The summed E-state index contributed by atoms with van der Waals surface area (Å²) in [7, 11) is 0. The van der Waals surface area contributed by atoms with E-state index in [1.165, 1.54) is 5.56 Å². The second-order valence-corrected chi connectivity index (χ2v) is 6.04. The van der Waals surface area contributed by atoms with Crippen LogP contribution in [0.25, 0.3) is 0 Å². The molecule has 1 aliphatic rings. The third-order valence-corrected chi connectivity index (χ3v) is 3.71. The molecule has 1 fully saturated rings. The first-order chi connectivity index (χ1) is 7.85. The molecule has 0 saturated carbocycles. The third kappa shape index (κ3) is 2.37. The molecule has 0 bridgehead atoms. The predicted octanol–water partition coefficient (Wildman–Crippen LogP) is 3.53. The topological polar surface area (TPSA) is 3.24 Å². The van der Waals surface area contributed by atoms with E-state index < -0.39 is 5.67 Å². The monoisotopic (exact) mass is 235 g/mol. The first kappa shape index (κ1) is 12.6. The molecule has 0 atom stereocenters. The van der Waals surface area contributed by atoms with Gasteiger partial charge in [-0.25, -0.2) is 4.39 Å². The highest BCUT2D eigenvalue weighted by molar-refractivity contribution is 5.30. The van der Waals surface area contributed by atoms with Crippen molar-refractivity contribution >= 4 is 0 Å². The lowest BCUT2D eigenvalue weighted by molar-refractivity contribution is -0.0843. The Kier molecular flexibility index (Phi) is 3.03. The minimum atomic E-state index is -1.14. The molecule has 2 rings (SSSR count). The van der Waals surface area contributed by atoms with E-state index in [9.17, 15) is 4.39 Å². The van der Waals surface area contributed by atoms with Gasteiger partial charge in [0.25, 0.3) is 0 Å². The van der Waals surface area contributed by atoms with Gasteiger partial charge in [-0.2, -0.15) is 0 Å². The molecule has 1 aromatic rings. The van der Waals surface area contributed by atoms with E-state index in [-0.39, 0.29) is 5.54 Å². The SMILES string of the molecule is CCc1ccc(C2(F)CN(C(C)(C)C)C2)cc1. The number of halogens is 1. The highest BCUT2D eigenvalue weighted by Crippen LogP contribution is 2.39. The number of benzene rings is 1. The van der Waals surface area contributed by atoms with E-state index in [0.717, 1.165) is 12.0 Å².